The lowest BCUT2D eigenvalue weighted by Crippen LogP contribution is -2.61. The number of rotatable bonds is 20. The molecule has 456 valence electrons. The van der Waals surface area contributed by atoms with Crippen LogP contribution in [0.25, 0.3) is 21.3 Å². The van der Waals surface area contributed by atoms with E-state index in [0.29, 0.717) is 72.8 Å². The van der Waals surface area contributed by atoms with Gasteiger partial charge in [0.15, 0.2) is 0 Å². The number of amides is 7. The molecule has 4 aliphatic rings. The van der Waals surface area contributed by atoms with Crippen LogP contribution < -0.4 is 26.4 Å². The van der Waals surface area contributed by atoms with E-state index in [1.807, 2.05) is 75.4 Å². The number of β-amino-alcohol motifs (C(OH)–C–C–N with tert-alkyl or cyclic N) is 1. The van der Waals surface area contributed by atoms with Crippen LogP contribution in [0.4, 0.5) is 0 Å². The van der Waals surface area contributed by atoms with Gasteiger partial charge in [0.2, 0.25) is 35.4 Å². The van der Waals surface area contributed by atoms with Crippen molar-refractivity contribution in [1.29, 1.82) is 0 Å². The van der Waals surface area contributed by atoms with Gasteiger partial charge in [-0.25, -0.2) is 9.67 Å². The topological polar surface area (TPSA) is 310 Å². The average molecular weight is 1220 g/mol. The lowest BCUT2D eigenvalue weighted by Gasteiger charge is -2.38. The lowest BCUT2D eigenvalue weighted by atomic mass is 9.84. The molecule has 25 heteroatoms. The van der Waals surface area contributed by atoms with Crippen LogP contribution in [-0.4, -0.2) is 167 Å². The Balaban J connectivity index is 0.774. The number of aryl methyl sites for hydroxylation is 3. The van der Waals surface area contributed by atoms with Crippen molar-refractivity contribution in [2.45, 2.75) is 140 Å². The van der Waals surface area contributed by atoms with Crippen molar-refractivity contribution >= 4 is 75.2 Å². The molecule has 3 saturated heterocycles. The van der Waals surface area contributed by atoms with Crippen molar-refractivity contribution in [3.05, 3.63) is 117 Å². The Morgan fingerprint density at radius 1 is 0.977 bits per heavy atom. The van der Waals surface area contributed by atoms with E-state index in [-0.39, 0.29) is 69.8 Å². The Kier molecular flexibility index (Phi) is 18.9. The van der Waals surface area contributed by atoms with Crippen LogP contribution in [0.3, 0.4) is 0 Å². The van der Waals surface area contributed by atoms with Gasteiger partial charge in [-0.2, -0.15) is 0 Å². The average Bonchev–Trinajstić information content (AvgIpc) is 1.77. The second-order valence-electron chi connectivity index (χ2n) is 23.5. The maximum Gasteiger partial charge on any atom is 0.268 e. The molecule has 86 heavy (non-hydrogen) atoms. The molecule has 7 heterocycles. The predicted molar refractivity (Wildman–Crippen MR) is 318 cm³/mol. The quantitative estimate of drug-likeness (QED) is 0.0555. The van der Waals surface area contributed by atoms with Crippen LogP contribution in [-0.2, 0) is 53.0 Å². The molecular formula is C61H73ClN12O11S. The number of ether oxygens (including phenoxy) is 2. The highest BCUT2D eigenvalue weighted by molar-refractivity contribution is 7.13. The van der Waals surface area contributed by atoms with Crippen molar-refractivity contribution in [3.8, 4) is 16.2 Å². The van der Waals surface area contributed by atoms with Gasteiger partial charge in [-0.15, -0.1) is 16.4 Å². The molecule has 23 nitrogen and oxygen atoms in total. The summed E-state index contributed by atoms with van der Waals surface area (Å²) in [6.07, 6.45) is 1.80. The van der Waals surface area contributed by atoms with E-state index in [0.717, 1.165) is 32.6 Å². The summed E-state index contributed by atoms with van der Waals surface area (Å²) in [7, 11) is 0. The first-order valence-corrected chi connectivity index (χ1v) is 30.4. The second kappa shape index (κ2) is 26.5. The molecule has 10 rings (SSSR count). The molecule has 0 aliphatic carbocycles. The van der Waals surface area contributed by atoms with Crippen molar-refractivity contribution in [1.82, 2.24) is 55.6 Å². The van der Waals surface area contributed by atoms with E-state index in [1.165, 1.54) is 23.2 Å². The van der Waals surface area contributed by atoms with Gasteiger partial charge in [0.05, 0.1) is 70.5 Å². The summed E-state index contributed by atoms with van der Waals surface area (Å²) in [5.41, 5.74) is 12.1. The number of halogens is 1. The number of hydrogen-bond donors (Lipinski definition) is 7. The molecule has 0 spiro atoms. The maximum atomic E-state index is 14.9. The van der Waals surface area contributed by atoms with Crippen LogP contribution in [0.2, 0.25) is 5.02 Å². The van der Waals surface area contributed by atoms with Gasteiger partial charge in [0.25, 0.3) is 5.91 Å². The molecule has 8 atom stereocenters. The normalized spacial score (nSPS) is 21.8. The van der Waals surface area contributed by atoms with Gasteiger partial charge in [0, 0.05) is 61.8 Å². The van der Waals surface area contributed by atoms with E-state index in [9.17, 15) is 43.8 Å². The number of H-pyrrole nitrogens is 1. The van der Waals surface area contributed by atoms with Gasteiger partial charge >= 0.3 is 0 Å². The summed E-state index contributed by atoms with van der Waals surface area (Å²) in [5, 5.41) is 40.4. The highest BCUT2D eigenvalue weighted by atomic mass is 35.5. The first-order valence-electron chi connectivity index (χ1n) is 29.1. The molecule has 8 N–H and O–H groups in total. The molecule has 0 unspecified atom stereocenters. The number of benzene rings is 3. The Morgan fingerprint density at radius 3 is 2.49 bits per heavy atom. The molecule has 3 aromatic carbocycles. The fraction of sp³-hybridized carbons (Fsp3) is 0.475. The number of carbonyl (C=O) groups is 7. The third kappa shape index (κ3) is 13.4. The number of para-hydroxylation sites is 1. The van der Waals surface area contributed by atoms with Crippen molar-refractivity contribution in [2.24, 2.45) is 11.1 Å². The largest absolute Gasteiger partial charge is 0.490 e. The number of nitrogens with two attached hydrogens (primary N) is 1. The highest BCUT2D eigenvalue weighted by Gasteiger charge is 2.49. The molecule has 7 amide bonds. The van der Waals surface area contributed by atoms with Crippen LogP contribution in [0, 0.1) is 12.3 Å². The van der Waals surface area contributed by atoms with E-state index in [2.05, 4.69) is 36.2 Å². The standard InChI is InChI=1S/C61H73ClN12O11S/c1-34-54(86-33-64-34)38-17-15-36(16-18-38)47(29-75)68-58(81)49-26-42(77)27-72(49)60(83)55-61(3,4)32-84-31-50-44(69-70-74(50)55)13-7-10-37-11-8-14-51(53(37)62)85-30-40(19-22-52(63)78)65-57(80)48-21-20-41-23-24-71(35(2)76)28-46(59(82)73(41)48)67-56(79)45-25-39-9-5-6-12-43(39)66-45/h5-6,8-9,11-12,14-18,25,33,40-42,46-49,55,66,75,77H,7,10,13,19-24,26-32H2,1-4H3,(H2,63,78)(H,65,80)(H,67,79)(H,68,81)/t40-,41+,42+,46-,47-,48-,49-,55+/m0/s1. The molecule has 0 bridgehead atoms. The van der Waals surface area contributed by atoms with Gasteiger partial charge in [-0.3, -0.25) is 33.6 Å². The van der Waals surface area contributed by atoms with Gasteiger partial charge < -0.3 is 61.1 Å². The third-order valence-corrected chi connectivity index (χ3v) is 18.3. The number of hydrogen-bond acceptors (Lipinski definition) is 15. The predicted octanol–water partition coefficient (Wildman–Crippen LogP) is 4.47. The zero-order valence-corrected chi connectivity index (χ0v) is 50.1. The maximum absolute atomic E-state index is 14.9. The van der Waals surface area contributed by atoms with Crippen LogP contribution in [0.5, 0.6) is 5.75 Å². The molecular weight excluding hydrogens is 1140 g/mol. The Labute approximate surface area is 506 Å². The molecule has 4 aliphatic heterocycles. The smallest absolute Gasteiger partial charge is 0.268 e. The number of nitrogens with zero attached hydrogens (tertiary/aromatic N) is 7. The summed E-state index contributed by atoms with van der Waals surface area (Å²) in [6, 6.07) is 16.0. The number of nitrogens with one attached hydrogen (secondary N) is 4. The Morgan fingerprint density at radius 2 is 1.76 bits per heavy atom. The zero-order valence-electron chi connectivity index (χ0n) is 48.5. The number of aromatic nitrogens is 5. The van der Waals surface area contributed by atoms with Gasteiger partial charge in [-0.05, 0) is 86.8 Å². The number of aromatic amines is 1. The first kappa shape index (κ1) is 61.3. The minimum Gasteiger partial charge on any atom is -0.490 e. The monoisotopic (exact) mass is 1220 g/mol. The summed E-state index contributed by atoms with van der Waals surface area (Å²) in [4.78, 5) is 109. The molecule has 3 fully saturated rings. The number of aliphatic hydroxyl groups excluding tert-OH is 2. The Bertz CT molecular complexity index is 3460. The fourth-order valence-electron chi connectivity index (χ4n) is 12.3. The van der Waals surface area contributed by atoms with Gasteiger partial charge in [-0.1, -0.05) is 85.3 Å². The van der Waals surface area contributed by atoms with Gasteiger partial charge in [0.1, 0.15) is 42.2 Å². The van der Waals surface area contributed by atoms with E-state index in [1.54, 1.807) is 38.2 Å². The van der Waals surface area contributed by atoms with E-state index in [4.69, 9.17) is 26.8 Å². The van der Waals surface area contributed by atoms with E-state index >= 15 is 0 Å². The van der Waals surface area contributed by atoms with Crippen LogP contribution in [0.15, 0.2) is 78.3 Å². The minimum absolute atomic E-state index is 0.00609. The third-order valence-electron chi connectivity index (χ3n) is 16.9. The number of aliphatic hydroxyl groups is 2. The second-order valence-corrected chi connectivity index (χ2v) is 24.7. The minimum atomic E-state index is -1.15. The summed E-state index contributed by atoms with van der Waals surface area (Å²) >= 11 is 8.56. The number of thiazole rings is 1. The number of fused-ring (bicyclic) bond motifs is 3. The summed E-state index contributed by atoms with van der Waals surface area (Å²) < 4.78 is 14.1. The summed E-state index contributed by atoms with van der Waals surface area (Å²) in [5.74, 6) is -2.89. The first-order chi connectivity index (χ1) is 41.3. The van der Waals surface area contributed by atoms with E-state index < -0.39 is 89.8 Å². The highest BCUT2D eigenvalue weighted by Crippen LogP contribution is 2.40. The number of carbonyl (C=O) groups excluding carboxylic acids is 7. The molecule has 3 aromatic heterocycles. The molecule has 6 aromatic rings. The zero-order chi connectivity index (χ0) is 61.0. The van der Waals surface area contributed by atoms with Crippen LogP contribution >= 0.6 is 22.9 Å². The lowest BCUT2D eigenvalue weighted by molar-refractivity contribution is -0.145. The Hall–Kier alpha value is -7.77. The summed E-state index contributed by atoms with van der Waals surface area (Å²) in [6.45, 7) is 7.12. The van der Waals surface area contributed by atoms with Crippen molar-refractivity contribution in [3.63, 3.8) is 0 Å². The fourth-order valence-corrected chi connectivity index (χ4v) is 13.4. The molecule has 0 saturated carbocycles. The number of primary amides is 1. The van der Waals surface area contributed by atoms with Crippen molar-refractivity contribution < 1.29 is 53.2 Å². The van der Waals surface area contributed by atoms with Crippen molar-refractivity contribution in [2.75, 3.05) is 39.5 Å². The SMILES string of the molecule is CC(=O)N1CC[C@H]2CC[C@@H](C(=O)N[C@@H](CCC(N)=O)COc3cccc(CCCc4nnn5c4COCC(C)(C)[C@H]5C(=O)N4C[C@H](O)C[C@H]4C(=O)N[C@@H](CO)c4ccc(-c5scnc5C)cc4)c3Cl)N2C(=O)[C@@H](NC(=O)c2cc3ccccc3[nH]2)C1. The number of likely N-dealkylation sites (tertiary alicyclic amines) is 1. The molecule has 0 radical (unpaired) electrons. The van der Waals surface area contributed by atoms with Crippen LogP contribution in [0.1, 0.15) is 116 Å².